The van der Waals surface area contributed by atoms with E-state index in [0.29, 0.717) is 12.0 Å². The molecule has 7 atom stereocenters. The number of fused-ring (bicyclic) bond motifs is 5. The molecule has 0 aromatic carbocycles. The van der Waals surface area contributed by atoms with Gasteiger partial charge in [0.2, 0.25) is 0 Å². The summed E-state index contributed by atoms with van der Waals surface area (Å²) in [6.07, 6.45) is 9.06. The van der Waals surface area contributed by atoms with Crippen molar-refractivity contribution in [2.45, 2.75) is 53.1 Å². The molecule has 5 heteroatoms. The van der Waals surface area contributed by atoms with E-state index in [-0.39, 0.29) is 47.3 Å². The van der Waals surface area contributed by atoms with Crippen LogP contribution in [0, 0.1) is 34.5 Å². The van der Waals surface area contributed by atoms with Crippen LogP contribution in [0.1, 0.15) is 47.0 Å². The fraction of sp³-hybridized carbons (Fsp3) is 0.625. The summed E-state index contributed by atoms with van der Waals surface area (Å²) in [5.41, 5.74) is 1.09. The normalized spacial score (nSPS) is 42.9. The van der Waals surface area contributed by atoms with Crippen molar-refractivity contribution in [3.63, 3.8) is 0 Å². The molecule has 156 valence electrons. The Labute approximate surface area is 171 Å². The maximum absolute atomic E-state index is 12.8. The number of hydrogen-bond donors (Lipinski definition) is 1. The van der Waals surface area contributed by atoms with E-state index in [1.165, 1.54) is 6.92 Å². The molecule has 2 saturated carbocycles. The third-order valence-electron chi connectivity index (χ3n) is 8.10. The molecule has 0 bridgehead atoms. The van der Waals surface area contributed by atoms with E-state index in [1.807, 2.05) is 12.2 Å². The summed E-state index contributed by atoms with van der Waals surface area (Å²) in [5.74, 6) is 0.213. The number of ether oxygens (including phenoxy) is 1. The predicted molar refractivity (Wildman–Crippen MR) is 108 cm³/mol. The van der Waals surface area contributed by atoms with Gasteiger partial charge in [-0.3, -0.25) is 14.4 Å². The summed E-state index contributed by atoms with van der Waals surface area (Å²) in [6, 6.07) is 0. The number of hydrogen-bond acceptors (Lipinski definition) is 5. The Kier molecular flexibility index (Phi) is 4.73. The first-order chi connectivity index (χ1) is 13.6. The van der Waals surface area contributed by atoms with Crippen LogP contribution in [0.25, 0.3) is 0 Å². The van der Waals surface area contributed by atoms with Crippen LogP contribution in [0.4, 0.5) is 0 Å². The van der Waals surface area contributed by atoms with Gasteiger partial charge < -0.3 is 9.84 Å². The largest absolute Gasteiger partial charge is 0.457 e. The Bertz CT molecular complexity index is 864. The number of esters is 1. The van der Waals surface area contributed by atoms with Gasteiger partial charge >= 0.3 is 5.97 Å². The molecule has 2 fully saturated rings. The summed E-state index contributed by atoms with van der Waals surface area (Å²) in [5, 5.41) is 11.3. The van der Waals surface area contributed by atoms with Crippen LogP contribution in [0.15, 0.2) is 35.5 Å². The number of allylic oxidation sites excluding steroid dienone is 5. The van der Waals surface area contributed by atoms with E-state index in [2.05, 4.69) is 20.8 Å². The number of Topliss-reactive ketones (excluding diaryl/α,β-unsaturated/α-hetero) is 1. The van der Waals surface area contributed by atoms with E-state index < -0.39 is 17.5 Å². The van der Waals surface area contributed by atoms with Crippen molar-refractivity contribution in [2.75, 3.05) is 6.61 Å². The third-order valence-corrected chi connectivity index (χ3v) is 8.10. The van der Waals surface area contributed by atoms with E-state index in [0.717, 1.165) is 18.4 Å². The Hall–Kier alpha value is -2.01. The molecule has 29 heavy (non-hydrogen) atoms. The van der Waals surface area contributed by atoms with Gasteiger partial charge in [0.05, 0.1) is 6.10 Å². The molecule has 0 amide bonds. The molecule has 1 N–H and O–H groups in total. The monoisotopic (exact) mass is 398 g/mol. The second-order valence-corrected chi connectivity index (χ2v) is 9.80. The topological polar surface area (TPSA) is 80.7 Å². The second kappa shape index (κ2) is 6.76. The molecule has 0 unspecified atom stereocenters. The minimum atomic E-state index is -0.567. The van der Waals surface area contributed by atoms with Crippen molar-refractivity contribution in [3.05, 3.63) is 35.5 Å². The third kappa shape index (κ3) is 2.97. The number of carbonyl (C=O) groups excluding carboxylic acids is 3. The average Bonchev–Trinajstić information content (AvgIpc) is 2.97. The fourth-order valence-electron chi connectivity index (χ4n) is 7.00. The zero-order valence-corrected chi connectivity index (χ0v) is 17.6. The van der Waals surface area contributed by atoms with Gasteiger partial charge in [-0.15, -0.1) is 0 Å². The minimum Gasteiger partial charge on any atom is -0.457 e. The molecule has 4 aliphatic rings. The molecule has 5 nitrogen and oxygen atoms in total. The van der Waals surface area contributed by atoms with E-state index in [1.54, 1.807) is 12.2 Å². The first-order valence-corrected chi connectivity index (χ1v) is 10.6. The number of rotatable bonds is 3. The Morgan fingerprint density at radius 3 is 2.72 bits per heavy atom. The van der Waals surface area contributed by atoms with Crippen molar-refractivity contribution in [1.29, 1.82) is 0 Å². The van der Waals surface area contributed by atoms with Gasteiger partial charge in [-0.2, -0.15) is 0 Å². The highest BCUT2D eigenvalue weighted by Crippen LogP contribution is 2.65. The lowest BCUT2D eigenvalue weighted by Gasteiger charge is -2.59. The molecule has 0 aromatic rings. The molecule has 4 aliphatic carbocycles. The van der Waals surface area contributed by atoms with Crippen LogP contribution >= 0.6 is 0 Å². The minimum absolute atomic E-state index is 0.0267. The summed E-state index contributed by atoms with van der Waals surface area (Å²) >= 11 is 0. The first kappa shape index (κ1) is 20.3. The summed E-state index contributed by atoms with van der Waals surface area (Å²) < 4.78 is 4.95. The Balaban J connectivity index is 1.66. The van der Waals surface area contributed by atoms with Crippen LogP contribution in [0.2, 0.25) is 0 Å². The summed E-state index contributed by atoms with van der Waals surface area (Å²) in [4.78, 5) is 35.9. The van der Waals surface area contributed by atoms with Crippen LogP contribution in [-0.2, 0) is 19.1 Å². The molecule has 0 heterocycles. The standard InChI is InChI=1S/C24H30O5/c1-13-9-16-17-5-6-18(21(28)12-29-14(2)25)24(17,4)11-20(27)22(16)23(3)8-7-15(26)10-19(13)23/h6-8,10,13,16-17,20,22,27H,5,9,11-12H2,1-4H3/t13-,16-,17-,20-,22+,23-,24-/m0/s1. The van der Waals surface area contributed by atoms with E-state index >= 15 is 0 Å². The van der Waals surface area contributed by atoms with Crippen LogP contribution in [0.3, 0.4) is 0 Å². The van der Waals surface area contributed by atoms with E-state index in [9.17, 15) is 19.5 Å². The highest BCUT2D eigenvalue weighted by molar-refractivity contribution is 6.01. The zero-order chi connectivity index (χ0) is 21.1. The van der Waals surface area contributed by atoms with Crippen molar-refractivity contribution in [2.24, 2.45) is 34.5 Å². The van der Waals surface area contributed by atoms with Crippen LogP contribution in [-0.4, -0.2) is 35.4 Å². The van der Waals surface area contributed by atoms with Gasteiger partial charge in [0.15, 0.2) is 18.2 Å². The maximum atomic E-state index is 12.8. The molecule has 0 saturated heterocycles. The van der Waals surface area contributed by atoms with Gasteiger partial charge in [-0.1, -0.05) is 38.5 Å². The van der Waals surface area contributed by atoms with Gasteiger partial charge in [0, 0.05) is 29.2 Å². The van der Waals surface area contributed by atoms with Crippen molar-refractivity contribution in [1.82, 2.24) is 0 Å². The highest BCUT2D eigenvalue weighted by Gasteiger charge is 2.61. The SMILES string of the molecule is CC(=O)OCC(=O)C1=CC[C@H]2[C@@H]3C[C@H](C)C4=CC(=O)C=C[C@]4(C)[C@H]3[C@@H](O)C[C@]12C. The zero-order valence-electron chi connectivity index (χ0n) is 17.6. The van der Waals surface area contributed by atoms with Crippen LogP contribution in [0.5, 0.6) is 0 Å². The molecule has 4 rings (SSSR count). The summed E-state index contributed by atoms with van der Waals surface area (Å²) in [7, 11) is 0. The predicted octanol–water partition coefficient (Wildman–Crippen LogP) is 3.18. The lowest BCUT2D eigenvalue weighted by molar-refractivity contribution is -0.145. The molecule has 0 aliphatic heterocycles. The molecule has 0 radical (unpaired) electrons. The highest BCUT2D eigenvalue weighted by atomic mass is 16.5. The van der Waals surface area contributed by atoms with Crippen LogP contribution < -0.4 is 0 Å². The number of ketones is 2. The molecule has 0 spiro atoms. The van der Waals surface area contributed by atoms with E-state index in [4.69, 9.17) is 4.74 Å². The van der Waals surface area contributed by atoms with Crippen molar-refractivity contribution in [3.8, 4) is 0 Å². The lowest BCUT2D eigenvalue weighted by atomic mass is 9.45. The van der Waals surface area contributed by atoms with Crippen molar-refractivity contribution >= 4 is 17.5 Å². The lowest BCUT2D eigenvalue weighted by Crippen LogP contribution is -2.57. The number of aliphatic hydroxyl groups is 1. The maximum Gasteiger partial charge on any atom is 0.303 e. The number of aliphatic hydroxyl groups excluding tert-OH is 1. The quantitative estimate of drug-likeness (QED) is 0.739. The first-order valence-electron chi connectivity index (χ1n) is 10.6. The molecule has 0 aromatic heterocycles. The molecular weight excluding hydrogens is 368 g/mol. The molecular formula is C24H30O5. The average molecular weight is 398 g/mol. The fourth-order valence-corrected chi connectivity index (χ4v) is 7.00. The Morgan fingerprint density at radius 1 is 1.31 bits per heavy atom. The van der Waals surface area contributed by atoms with Gasteiger partial charge in [0.25, 0.3) is 0 Å². The van der Waals surface area contributed by atoms with Gasteiger partial charge in [-0.05, 0) is 49.2 Å². The smallest absolute Gasteiger partial charge is 0.303 e. The van der Waals surface area contributed by atoms with Gasteiger partial charge in [-0.25, -0.2) is 0 Å². The van der Waals surface area contributed by atoms with Crippen molar-refractivity contribution < 1.29 is 24.2 Å². The van der Waals surface area contributed by atoms with Gasteiger partial charge in [0.1, 0.15) is 0 Å². The summed E-state index contributed by atoms with van der Waals surface area (Å²) in [6.45, 7) is 7.46. The number of carbonyl (C=O) groups is 3. The Morgan fingerprint density at radius 2 is 2.03 bits per heavy atom. The second-order valence-electron chi connectivity index (χ2n) is 9.80.